The lowest BCUT2D eigenvalue weighted by Gasteiger charge is -2.23. The third-order valence-electron chi connectivity index (χ3n) is 1.61. The highest BCUT2D eigenvalue weighted by atomic mass is 16.6. The van der Waals surface area contributed by atoms with Gasteiger partial charge >= 0.3 is 11.9 Å². The highest BCUT2D eigenvalue weighted by Gasteiger charge is 2.25. The largest absolute Gasteiger partial charge is 0.481 e. The number of hydrogen-bond acceptors (Lipinski definition) is 4. The van der Waals surface area contributed by atoms with Crippen LogP contribution in [0.2, 0.25) is 0 Å². The summed E-state index contributed by atoms with van der Waals surface area (Å²) in [6.45, 7) is 5.08. The molecule has 0 aliphatic rings. The molecular weight excluding hydrogens is 214 g/mol. The first kappa shape index (κ1) is 14.4. The fourth-order valence-corrected chi connectivity index (χ4v) is 0.992. The van der Waals surface area contributed by atoms with Crippen LogP contribution < -0.4 is 5.32 Å². The van der Waals surface area contributed by atoms with Crippen LogP contribution in [0.3, 0.4) is 0 Å². The monoisotopic (exact) mass is 231 g/mol. The van der Waals surface area contributed by atoms with Gasteiger partial charge in [0.2, 0.25) is 6.41 Å². The van der Waals surface area contributed by atoms with E-state index >= 15 is 0 Å². The van der Waals surface area contributed by atoms with Crippen LogP contribution in [-0.4, -0.2) is 35.1 Å². The Balaban J connectivity index is 4.34. The van der Waals surface area contributed by atoms with E-state index in [0.29, 0.717) is 6.41 Å². The summed E-state index contributed by atoms with van der Waals surface area (Å²) in [5, 5.41) is 10.7. The average molecular weight is 231 g/mol. The van der Waals surface area contributed by atoms with E-state index in [1.165, 1.54) is 0 Å². The maximum Gasteiger partial charge on any atom is 0.329 e. The first-order chi connectivity index (χ1) is 7.26. The van der Waals surface area contributed by atoms with Gasteiger partial charge in [0.05, 0.1) is 0 Å². The van der Waals surface area contributed by atoms with Crippen LogP contribution in [0.5, 0.6) is 0 Å². The van der Waals surface area contributed by atoms with Crippen molar-refractivity contribution < 1.29 is 24.2 Å². The molecule has 1 amide bonds. The molecule has 6 heteroatoms. The van der Waals surface area contributed by atoms with Gasteiger partial charge in [-0.1, -0.05) is 0 Å². The van der Waals surface area contributed by atoms with Crippen LogP contribution in [0, 0.1) is 0 Å². The molecule has 0 bridgehead atoms. The fraction of sp³-hybridized carbons (Fsp3) is 0.700. The Bertz CT molecular complexity index is 269. The fourth-order valence-electron chi connectivity index (χ4n) is 0.992. The van der Waals surface area contributed by atoms with Gasteiger partial charge in [0, 0.05) is 6.42 Å². The van der Waals surface area contributed by atoms with Crippen molar-refractivity contribution in [1.82, 2.24) is 5.32 Å². The second-order valence-electron chi connectivity index (χ2n) is 4.30. The molecule has 0 saturated heterocycles. The lowest BCUT2D eigenvalue weighted by Crippen LogP contribution is -2.41. The Hall–Kier alpha value is -1.59. The Morgan fingerprint density at radius 2 is 2.00 bits per heavy atom. The topological polar surface area (TPSA) is 92.7 Å². The molecule has 2 N–H and O–H groups in total. The number of carboxylic acids is 1. The van der Waals surface area contributed by atoms with E-state index in [4.69, 9.17) is 9.84 Å². The van der Waals surface area contributed by atoms with Gasteiger partial charge in [0.1, 0.15) is 11.6 Å². The molecule has 6 nitrogen and oxygen atoms in total. The van der Waals surface area contributed by atoms with Crippen molar-refractivity contribution in [3.63, 3.8) is 0 Å². The van der Waals surface area contributed by atoms with Crippen molar-refractivity contribution in [3.05, 3.63) is 0 Å². The first-order valence-electron chi connectivity index (χ1n) is 4.90. The van der Waals surface area contributed by atoms with E-state index in [9.17, 15) is 14.4 Å². The minimum Gasteiger partial charge on any atom is -0.481 e. The average Bonchev–Trinajstić information content (AvgIpc) is 2.08. The second-order valence-corrected chi connectivity index (χ2v) is 4.30. The zero-order valence-corrected chi connectivity index (χ0v) is 9.65. The number of ether oxygens (including phenoxy) is 1. The standard InChI is InChI=1S/C10H17NO5/c1-10(2,3)16-9(15)7(11-6-12)4-5-8(13)14/h6-7H,4-5H2,1-3H3,(H,11,12)(H,13,14)/t7-/m0/s1. The zero-order chi connectivity index (χ0) is 12.8. The van der Waals surface area contributed by atoms with Crippen LogP contribution in [-0.2, 0) is 19.1 Å². The molecule has 0 rings (SSSR count). The third kappa shape index (κ3) is 6.80. The van der Waals surface area contributed by atoms with E-state index in [1.807, 2.05) is 0 Å². The molecule has 0 aliphatic carbocycles. The quantitative estimate of drug-likeness (QED) is 0.507. The zero-order valence-electron chi connectivity index (χ0n) is 9.65. The number of carboxylic acid groups (broad SMARTS) is 1. The van der Waals surface area contributed by atoms with E-state index in [-0.39, 0.29) is 12.8 Å². The predicted molar refractivity (Wildman–Crippen MR) is 55.7 cm³/mol. The molecule has 0 aromatic rings. The lowest BCUT2D eigenvalue weighted by molar-refractivity contribution is -0.158. The van der Waals surface area contributed by atoms with Crippen molar-refractivity contribution in [2.45, 2.75) is 45.3 Å². The van der Waals surface area contributed by atoms with Gasteiger partial charge in [-0.15, -0.1) is 0 Å². The molecule has 0 aliphatic heterocycles. The summed E-state index contributed by atoms with van der Waals surface area (Å²) < 4.78 is 5.03. The molecule has 1 atom stereocenters. The number of nitrogens with one attached hydrogen (secondary N) is 1. The maximum absolute atomic E-state index is 11.5. The van der Waals surface area contributed by atoms with Crippen molar-refractivity contribution in [2.24, 2.45) is 0 Å². The Morgan fingerprint density at radius 3 is 2.38 bits per heavy atom. The molecule has 16 heavy (non-hydrogen) atoms. The molecule has 0 aromatic heterocycles. The van der Waals surface area contributed by atoms with Gasteiger partial charge in [-0.05, 0) is 27.2 Å². The molecule has 0 heterocycles. The predicted octanol–water partition coefficient (Wildman–Crippen LogP) is 0.307. The van der Waals surface area contributed by atoms with Crippen molar-refractivity contribution >= 4 is 18.3 Å². The molecule has 0 spiro atoms. The summed E-state index contributed by atoms with van der Waals surface area (Å²) in [6, 6.07) is -0.909. The Labute approximate surface area is 94.0 Å². The number of carbonyl (C=O) groups is 3. The highest BCUT2D eigenvalue weighted by molar-refractivity contribution is 5.79. The summed E-state index contributed by atoms with van der Waals surface area (Å²) in [4.78, 5) is 32.1. The summed E-state index contributed by atoms with van der Waals surface area (Å²) in [5.41, 5.74) is -0.664. The minimum atomic E-state index is -1.03. The Morgan fingerprint density at radius 1 is 1.44 bits per heavy atom. The van der Waals surface area contributed by atoms with Gasteiger partial charge in [-0.2, -0.15) is 0 Å². The van der Waals surface area contributed by atoms with Crippen LogP contribution in [0.25, 0.3) is 0 Å². The summed E-state index contributed by atoms with van der Waals surface area (Å²) in [6.07, 6.45) is 0.171. The smallest absolute Gasteiger partial charge is 0.329 e. The number of carbonyl (C=O) groups excluding carboxylic acids is 2. The number of amides is 1. The van der Waals surface area contributed by atoms with Gasteiger partial charge in [0.25, 0.3) is 0 Å². The first-order valence-corrected chi connectivity index (χ1v) is 4.90. The molecular formula is C10H17NO5. The van der Waals surface area contributed by atoms with Crippen LogP contribution >= 0.6 is 0 Å². The normalized spacial score (nSPS) is 12.7. The van der Waals surface area contributed by atoms with Crippen molar-refractivity contribution in [2.75, 3.05) is 0 Å². The second kappa shape index (κ2) is 6.09. The van der Waals surface area contributed by atoms with E-state index in [2.05, 4.69) is 5.32 Å². The van der Waals surface area contributed by atoms with Gasteiger partial charge in [-0.25, -0.2) is 4.79 Å². The van der Waals surface area contributed by atoms with Crippen LogP contribution in [0.15, 0.2) is 0 Å². The maximum atomic E-state index is 11.5. The van der Waals surface area contributed by atoms with Gasteiger partial charge < -0.3 is 15.2 Å². The summed E-state index contributed by atoms with van der Waals surface area (Å²) in [5.74, 6) is -1.65. The summed E-state index contributed by atoms with van der Waals surface area (Å²) in [7, 11) is 0. The van der Waals surface area contributed by atoms with E-state index in [1.54, 1.807) is 20.8 Å². The van der Waals surface area contributed by atoms with E-state index in [0.717, 1.165) is 0 Å². The molecule has 0 aromatic carbocycles. The van der Waals surface area contributed by atoms with Crippen molar-refractivity contribution in [1.29, 1.82) is 0 Å². The number of rotatable bonds is 6. The van der Waals surface area contributed by atoms with E-state index < -0.39 is 23.6 Å². The van der Waals surface area contributed by atoms with Crippen LogP contribution in [0.1, 0.15) is 33.6 Å². The molecule has 0 unspecified atom stereocenters. The summed E-state index contributed by atoms with van der Waals surface area (Å²) >= 11 is 0. The molecule has 0 radical (unpaired) electrons. The molecule has 92 valence electrons. The lowest BCUT2D eigenvalue weighted by atomic mass is 10.1. The molecule has 0 fully saturated rings. The van der Waals surface area contributed by atoms with Crippen LogP contribution in [0.4, 0.5) is 0 Å². The third-order valence-corrected chi connectivity index (χ3v) is 1.61. The highest BCUT2D eigenvalue weighted by Crippen LogP contribution is 2.10. The minimum absolute atomic E-state index is 0.0169. The van der Waals surface area contributed by atoms with Gasteiger partial charge in [0.15, 0.2) is 0 Å². The van der Waals surface area contributed by atoms with Crippen molar-refractivity contribution in [3.8, 4) is 0 Å². The number of hydrogen-bond donors (Lipinski definition) is 2. The molecule has 0 saturated carbocycles. The van der Waals surface area contributed by atoms with Gasteiger partial charge in [-0.3, -0.25) is 9.59 Å². The number of aliphatic carboxylic acids is 1. The Kier molecular flexibility index (Phi) is 5.49. The number of esters is 1. The SMILES string of the molecule is CC(C)(C)OC(=O)[C@H](CCC(=O)O)NC=O.